The first-order valence-electron chi connectivity index (χ1n) is 10.3. The third-order valence-corrected chi connectivity index (χ3v) is 4.74. The van der Waals surface area contributed by atoms with Crippen molar-refractivity contribution in [3.63, 3.8) is 0 Å². The van der Waals surface area contributed by atoms with Gasteiger partial charge in [-0.2, -0.15) is 0 Å². The van der Waals surface area contributed by atoms with Crippen molar-refractivity contribution in [2.75, 3.05) is 26.9 Å². The molecule has 7 nitrogen and oxygen atoms in total. The summed E-state index contributed by atoms with van der Waals surface area (Å²) in [7, 11) is 1.63. The molecule has 3 aromatic rings. The molecule has 0 spiro atoms. The topological polar surface area (TPSA) is 87.1 Å². The van der Waals surface area contributed by atoms with E-state index in [4.69, 9.17) is 29.0 Å². The number of ether oxygens (including phenoxy) is 4. The minimum atomic E-state index is -1.02. The van der Waals surface area contributed by atoms with E-state index in [1.54, 1.807) is 19.2 Å². The molecule has 0 fully saturated rings. The maximum atomic E-state index is 10.7. The van der Waals surface area contributed by atoms with Crippen LogP contribution in [0.15, 0.2) is 60.7 Å². The van der Waals surface area contributed by atoms with Crippen LogP contribution in [0, 0.1) is 6.92 Å². The highest BCUT2D eigenvalue weighted by atomic mass is 16.5. The van der Waals surface area contributed by atoms with Gasteiger partial charge >= 0.3 is 5.97 Å². The Morgan fingerprint density at radius 3 is 2.47 bits per heavy atom. The molecule has 3 rings (SSSR count). The van der Waals surface area contributed by atoms with Crippen LogP contribution in [0.4, 0.5) is 0 Å². The molecule has 0 unspecified atom stereocenters. The van der Waals surface area contributed by atoms with Crippen molar-refractivity contribution < 1.29 is 28.8 Å². The largest absolute Gasteiger partial charge is 0.497 e. The number of aliphatic carboxylic acids is 1. The fourth-order valence-corrected chi connectivity index (χ4v) is 3.12. The fraction of sp³-hybridized carbons (Fsp3) is 0.280. The van der Waals surface area contributed by atoms with E-state index in [-0.39, 0.29) is 0 Å². The van der Waals surface area contributed by atoms with E-state index in [1.807, 2.05) is 62.4 Å². The lowest BCUT2D eigenvalue weighted by Gasteiger charge is -2.20. The van der Waals surface area contributed by atoms with Gasteiger partial charge in [0.2, 0.25) is 0 Å². The lowest BCUT2D eigenvalue weighted by Crippen LogP contribution is -2.16. The van der Waals surface area contributed by atoms with Crippen LogP contribution in [0.2, 0.25) is 0 Å². The van der Waals surface area contributed by atoms with Gasteiger partial charge in [0.25, 0.3) is 0 Å². The Balaban J connectivity index is 1.82. The van der Waals surface area contributed by atoms with Gasteiger partial charge in [0, 0.05) is 12.2 Å². The maximum absolute atomic E-state index is 10.7. The van der Waals surface area contributed by atoms with Gasteiger partial charge in [-0.25, -0.2) is 9.78 Å². The number of methoxy groups -OCH3 is 1. The molecule has 0 bridgehead atoms. The minimum absolute atomic E-state index is 0.339. The number of rotatable bonds is 11. The Labute approximate surface area is 187 Å². The van der Waals surface area contributed by atoms with E-state index in [0.717, 1.165) is 28.3 Å². The fourth-order valence-electron chi connectivity index (χ4n) is 3.12. The molecular formula is C25H27NO6. The van der Waals surface area contributed by atoms with Gasteiger partial charge in [0.05, 0.1) is 25.1 Å². The summed E-state index contributed by atoms with van der Waals surface area (Å²) in [6.07, 6.45) is -0.418. The Morgan fingerprint density at radius 1 is 1.06 bits per heavy atom. The zero-order valence-corrected chi connectivity index (χ0v) is 18.4. The molecule has 1 atom stereocenters. The van der Waals surface area contributed by atoms with Crippen molar-refractivity contribution in [2.45, 2.75) is 20.0 Å². The van der Waals surface area contributed by atoms with Crippen molar-refractivity contribution in [3.8, 4) is 28.5 Å². The van der Waals surface area contributed by atoms with E-state index < -0.39 is 18.7 Å². The zero-order valence-electron chi connectivity index (χ0n) is 18.4. The van der Waals surface area contributed by atoms with E-state index in [0.29, 0.717) is 24.7 Å². The SMILES string of the molecule is CCOC[C@H](Oc1ccc(OCC(=O)O)c(C)c1)c1cccc(-c2ccc(OC)cc2)n1. The van der Waals surface area contributed by atoms with Crippen molar-refractivity contribution in [1.29, 1.82) is 0 Å². The first-order chi connectivity index (χ1) is 15.5. The van der Waals surface area contributed by atoms with Gasteiger partial charge in [0.1, 0.15) is 17.2 Å². The second-order valence-corrected chi connectivity index (χ2v) is 7.05. The zero-order chi connectivity index (χ0) is 22.9. The number of carboxylic acid groups (broad SMARTS) is 1. The molecule has 0 saturated carbocycles. The lowest BCUT2D eigenvalue weighted by atomic mass is 10.1. The lowest BCUT2D eigenvalue weighted by molar-refractivity contribution is -0.139. The van der Waals surface area contributed by atoms with Crippen LogP contribution in [0.5, 0.6) is 17.2 Å². The third kappa shape index (κ3) is 6.21. The Bertz CT molecular complexity index is 1030. The predicted molar refractivity (Wildman–Crippen MR) is 120 cm³/mol. The van der Waals surface area contributed by atoms with E-state index in [9.17, 15) is 4.79 Å². The number of carbonyl (C=O) groups is 1. The number of hydrogen-bond acceptors (Lipinski definition) is 6. The van der Waals surface area contributed by atoms with Crippen molar-refractivity contribution in [1.82, 2.24) is 4.98 Å². The Kier molecular flexibility index (Phi) is 8.05. The number of aromatic nitrogens is 1. The monoisotopic (exact) mass is 437 g/mol. The normalized spacial score (nSPS) is 11.6. The van der Waals surface area contributed by atoms with Crippen LogP contribution in [0.25, 0.3) is 11.3 Å². The smallest absolute Gasteiger partial charge is 0.341 e. The van der Waals surface area contributed by atoms with Crippen LogP contribution in [0.3, 0.4) is 0 Å². The predicted octanol–water partition coefficient (Wildman–Crippen LogP) is 4.69. The maximum Gasteiger partial charge on any atom is 0.341 e. The van der Waals surface area contributed by atoms with Gasteiger partial charge in [-0.05, 0) is 74.0 Å². The minimum Gasteiger partial charge on any atom is -0.497 e. The van der Waals surface area contributed by atoms with E-state index >= 15 is 0 Å². The summed E-state index contributed by atoms with van der Waals surface area (Å²) in [4.78, 5) is 15.5. The molecular weight excluding hydrogens is 410 g/mol. The van der Waals surface area contributed by atoms with Crippen LogP contribution in [-0.4, -0.2) is 43.0 Å². The summed E-state index contributed by atoms with van der Waals surface area (Å²) in [5, 5.41) is 8.80. The third-order valence-electron chi connectivity index (χ3n) is 4.74. The summed E-state index contributed by atoms with van der Waals surface area (Å²) in [5.74, 6) is 0.880. The molecule has 1 heterocycles. The molecule has 1 aromatic heterocycles. The van der Waals surface area contributed by atoms with Gasteiger partial charge in [0.15, 0.2) is 12.7 Å². The molecule has 32 heavy (non-hydrogen) atoms. The molecule has 2 aromatic carbocycles. The number of hydrogen-bond donors (Lipinski definition) is 1. The number of nitrogens with zero attached hydrogens (tertiary/aromatic N) is 1. The first kappa shape index (κ1) is 23.1. The van der Waals surface area contributed by atoms with Gasteiger partial charge < -0.3 is 24.1 Å². The van der Waals surface area contributed by atoms with Crippen molar-refractivity contribution in [2.24, 2.45) is 0 Å². The molecule has 168 valence electrons. The molecule has 0 aliphatic heterocycles. The molecule has 0 aliphatic carbocycles. The molecule has 0 amide bonds. The van der Waals surface area contributed by atoms with E-state index in [2.05, 4.69) is 0 Å². The number of carboxylic acids is 1. The Morgan fingerprint density at radius 2 is 1.81 bits per heavy atom. The molecule has 0 saturated heterocycles. The van der Waals surface area contributed by atoms with Crippen LogP contribution >= 0.6 is 0 Å². The van der Waals surface area contributed by atoms with Gasteiger partial charge in [-0.1, -0.05) is 6.07 Å². The molecule has 0 radical (unpaired) electrons. The second-order valence-electron chi connectivity index (χ2n) is 7.05. The number of benzene rings is 2. The van der Waals surface area contributed by atoms with Crippen LogP contribution in [0.1, 0.15) is 24.3 Å². The van der Waals surface area contributed by atoms with Crippen LogP contribution in [-0.2, 0) is 9.53 Å². The van der Waals surface area contributed by atoms with E-state index in [1.165, 1.54) is 0 Å². The quantitative estimate of drug-likeness (QED) is 0.466. The highest BCUT2D eigenvalue weighted by molar-refractivity contribution is 5.68. The molecule has 1 N–H and O–H groups in total. The average molecular weight is 437 g/mol. The second kappa shape index (κ2) is 11.2. The van der Waals surface area contributed by atoms with Gasteiger partial charge in [-0.3, -0.25) is 0 Å². The standard InChI is InChI=1S/C25H27NO6/c1-4-30-15-24(32-20-12-13-23(17(2)14-20)31-16-25(27)28)22-7-5-6-21(26-22)18-8-10-19(29-3)11-9-18/h5-14,24H,4,15-16H2,1-3H3,(H,27,28)/t24-/m0/s1. The van der Waals surface area contributed by atoms with Crippen molar-refractivity contribution >= 4 is 5.97 Å². The average Bonchev–Trinajstić information content (AvgIpc) is 2.81. The molecule has 0 aliphatic rings. The summed E-state index contributed by atoms with van der Waals surface area (Å²) in [5.41, 5.74) is 3.32. The molecule has 7 heteroatoms. The highest BCUT2D eigenvalue weighted by Gasteiger charge is 2.17. The first-order valence-corrected chi connectivity index (χ1v) is 10.3. The summed E-state index contributed by atoms with van der Waals surface area (Å²) >= 11 is 0. The van der Waals surface area contributed by atoms with Crippen LogP contribution < -0.4 is 14.2 Å². The number of aryl methyl sites for hydroxylation is 1. The summed E-state index contributed by atoms with van der Waals surface area (Å²) in [6, 6.07) is 18.8. The summed E-state index contributed by atoms with van der Waals surface area (Å²) < 4.78 is 22.4. The van der Waals surface area contributed by atoms with Crippen molar-refractivity contribution in [3.05, 3.63) is 71.9 Å². The van der Waals surface area contributed by atoms with Gasteiger partial charge in [-0.15, -0.1) is 0 Å². The number of pyridine rings is 1. The highest BCUT2D eigenvalue weighted by Crippen LogP contribution is 2.28. The Hall–Kier alpha value is -3.58. The summed E-state index contributed by atoms with van der Waals surface area (Å²) in [6.45, 7) is 4.27.